The first-order chi connectivity index (χ1) is 16.3. The minimum absolute atomic E-state index is 0.0325. The van der Waals surface area contributed by atoms with E-state index < -0.39 is 11.7 Å². The maximum Gasteiger partial charge on any atom is 0.322 e. The number of carbonyl (C=O) groups excluding carboxylic acids is 3. The van der Waals surface area contributed by atoms with Gasteiger partial charge < -0.3 is 25.2 Å². The lowest BCUT2D eigenvalue weighted by atomic mass is 10.0. The van der Waals surface area contributed by atoms with Crippen molar-refractivity contribution < 1.29 is 23.5 Å². The third kappa shape index (κ3) is 5.30. The Morgan fingerprint density at radius 3 is 2.62 bits per heavy atom. The molecular weight excluding hydrogens is 439 g/mol. The molecular formula is C25H29FN4O4. The maximum atomic E-state index is 13.5. The zero-order valence-electron chi connectivity index (χ0n) is 19.4. The van der Waals surface area contributed by atoms with Gasteiger partial charge in [-0.05, 0) is 73.7 Å². The van der Waals surface area contributed by atoms with Gasteiger partial charge in [0, 0.05) is 36.9 Å². The summed E-state index contributed by atoms with van der Waals surface area (Å²) in [6.07, 6.45) is 2.04. The summed E-state index contributed by atoms with van der Waals surface area (Å²) < 4.78 is 18.8. The van der Waals surface area contributed by atoms with E-state index in [-0.39, 0.29) is 30.1 Å². The predicted octanol–water partition coefficient (Wildman–Crippen LogP) is 2.95. The Hall–Kier alpha value is -3.62. The fourth-order valence-corrected chi connectivity index (χ4v) is 4.57. The molecule has 0 aromatic heterocycles. The fraction of sp³-hybridized carbons (Fsp3) is 0.400. The first-order valence-electron chi connectivity index (χ1n) is 11.4. The van der Waals surface area contributed by atoms with E-state index in [1.165, 1.54) is 6.07 Å². The van der Waals surface area contributed by atoms with E-state index >= 15 is 0 Å². The molecule has 34 heavy (non-hydrogen) atoms. The van der Waals surface area contributed by atoms with Crippen molar-refractivity contribution in [1.82, 2.24) is 15.1 Å². The number of nitrogens with zero attached hydrogens (tertiary/aromatic N) is 2. The van der Waals surface area contributed by atoms with E-state index in [0.29, 0.717) is 38.0 Å². The van der Waals surface area contributed by atoms with Crippen molar-refractivity contribution in [3.05, 3.63) is 58.9 Å². The summed E-state index contributed by atoms with van der Waals surface area (Å²) in [7, 11) is 1.62. The summed E-state index contributed by atoms with van der Waals surface area (Å²) in [5.41, 5.74) is 2.66. The highest BCUT2D eigenvalue weighted by atomic mass is 19.1. The molecule has 0 bridgehead atoms. The average Bonchev–Trinajstić information content (AvgIpc) is 2.99. The van der Waals surface area contributed by atoms with Gasteiger partial charge in [-0.2, -0.15) is 0 Å². The Morgan fingerprint density at radius 2 is 1.91 bits per heavy atom. The molecule has 2 aliphatic rings. The van der Waals surface area contributed by atoms with E-state index in [9.17, 15) is 18.8 Å². The molecule has 2 aromatic carbocycles. The number of likely N-dealkylation sites (tertiary alicyclic amines) is 1. The van der Waals surface area contributed by atoms with E-state index in [1.54, 1.807) is 25.0 Å². The molecule has 1 fully saturated rings. The van der Waals surface area contributed by atoms with Crippen LogP contribution in [0.5, 0.6) is 5.75 Å². The van der Waals surface area contributed by atoms with Gasteiger partial charge in [0.25, 0.3) is 5.91 Å². The molecule has 2 aliphatic heterocycles. The number of hydrogen-bond acceptors (Lipinski definition) is 4. The van der Waals surface area contributed by atoms with Crippen molar-refractivity contribution >= 4 is 23.5 Å². The van der Waals surface area contributed by atoms with Crippen molar-refractivity contribution in [2.45, 2.75) is 32.2 Å². The summed E-state index contributed by atoms with van der Waals surface area (Å²) in [5.74, 6) is -0.408. The van der Waals surface area contributed by atoms with Crippen LogP contribution in [-0.4, -0.2) is 67.0 Å². The molecule has 2 heterocycles. The SMILES string of the molecule is COc1ccc2c(c1)CCN(C1CCN(C(=O)CNC(=O)c3cc(C)cc(F)c3)CC1)C(=O)N2. The van der Waals surface area contributed by atoms with Crippen LogP contribution in [0.1, 0.15) is 34.3 Å². The van der Waals surface area contributed by atoms with Crippen LogP contribution in [0.2, 0.25) is 0 Å². The number of benzene rings is 2. The van der Waals surface area contributed by atoms with Gasteiger partial charge in [-0.15, -0.1) is 0 Å². The predicted molar refractivity (Wildman–Crippen MR) is 125 cm³/mol. The number of aryl methyl sites for hydroxylation is 1. The normalized spacial score (nSPS) is 16.4. The highest BCUT2D eigenvalue weighted by Gasteiger charge is 2.31. The summed E-state index contributed by atoms with van der Waals surface area (Å²) in [6, 6.07) is 9.60. The lowest BCUT2D eigenvalue weighted by molar-refractivity contribution is -0.131. The standard InChI is InChI=1S/C25H29FN4O4/c1-16-11-18(13-19(26)12-16)24(32)27-15-23(31)29-8-6-20(7-9-29)30-10-5-17-14-21(34-2)3-4-22(17)28-25(30)33/h3-4,11-14,20H,5-10,15H2,1-2H3,(H,27,32)(H,28,33). The van der Waals surface area contributed by atoms with E-state index in [0.717, 1.165) is 29.5 Å². The second kappa shape index (κ2) is 10.1. The maximum absolute atomic E-state index is 13.5. The van der Waals surface area contributed by atoms with Crippen LogP contribution in [-0.2, 0) is 11.2 Å². The highest BCUT2D eigenvalue weighted by Crippen LogP contribution is 2.27. The number of nitrogens with one attached hydrogen (secondary N) is 2. The van der Waals surface area contributed by atoms with Gasteiger partial charge in [-0.25, -0.2) is 9.18 Å². The molecule has 0 spiro atoms. The van der Waals surface area contributed by atoms with Crippen LogP contribution in [0.15, 0.2) is 36.4 Å². The highest BCUT2D eigenvalue weighted by molar-refractivity contribution is 5.96. The zero-order chi connectivity index (χ0) is 24.2. The number of ether oxygens (including phenoxy) is 1. The number of anilines is 1. The van der Waals surface area contributed by atoms with Crippen LogP contribution in [0, 0.1) is 12.7 Å². The smallest absolute Gasteiger partial charge is 0.322 e. The number of rotatable bonds is 5. The third-order valence-corrected chi connectivity index (χ3v) is 6.40. The number of amides is 4. The molecule has 0 atom stereocenters. The number of fused-ring (bicyclic) bond motifs is 1. The molecule has 0 unspecified atom stereocenters. The molecule has 4 amide bonds. The Kier molecular flexibility index (Phi) is 7.00. The Bertz CT molecular complexity index is 1080. The van der Waals surface area contributed by atoms with Crippen LogP contribution >= 0.6 is 0 Å². The molecule has 9 heteroatoms. The van der Waals surface area contributed by atoms with Crippen molar-refractivity contribution in [2.75, 3.05) is 38.6 Å². The average molecular weight is 469 g/mol. The van der Waals surface area contributed by atoms with Gasteiger partial charge in [0.15, 0.2) is 0 Å². The van der Waals surface area contributed by atoms with Crippen LogP contribution in [0.25, 0.3) is 0 Å². The van der Waals surface area contributed by atoms with Crippen LogP contribution in [0.4, 0.5) is 14.9 Å². The number of hydrogen-bond donors (Lipinski definition) is 2. The number of piperidine rings is 1. The van der Waals surface area contributed by atoms with Crippen molar-refractivity contribution in [3.8, 4) is 5.75 Å². The van der Waals surface area contributed by atoms with Crippen molar-refractivity contribution in [1.29, 1.82) is 0 Å². The molecule has 8 nitrogen and oxygen atoms in total. The minimum atomic E-state index is -0.488. The topological polar surface area (TPSA) is 91.0 Å². The Morgan fingerprint density at radius 1 is 1.15 bits per heavy atom. The molecule has 4 rings (SSSR count). The van der Waals surface area contributed by atoms with Gasteiger partial charge >= 0.3 is 6.03 Å². The fourth-order valence-electron chi connectivity index (χ4n) is 4.57. The van der Waals surface area contributed by atoms with Crippen molar-refractivity contribution in [2.24, 2.45) is 0 Å². The first-order valence-corrected chi connectivity index (χ1v) is 11.4. The Labute approximate surface area is 198 Å². The van der Waals surface area contributed by atoms with Gasteiger partial charge in [-0.3, -0.25) is 9.59 Å². The lowest BCUT2D eigenvalue weighted by Gasteiger charge is -2.38. The summed E-state index contributed by atoms with van der Waals surface area (Å²) >= 11 is 0. The van der Waals surface area contributed by atoms with Gasteiger partial charge in [0.1, 0.15) is 11.6 Å². The monoisotopic (exact) mass is 468 g/mol. The van der Waals surface area contributed by atoms with Crippen molar-refractivity contribution in [3.63, 3.8) is 0 Å². The quantitative estimate of drug-likeness (QED) is 0.706. The van der Waals surface area contributed by atoms with E-state index in [1.807, 2.05) is 23.1 Å². The second-order valence-corrected chi connectivity index (χ2v) is 8.71. The summed E-state index contributed by atoms with van der Waals surface area (Å²) in [6.45, 7) is 3.15. The molecule has 0 saturated carbocycles. The number of methoxy groups -OCH3 is 1. The second-order valence-electron chi connectivity index (χ2n) is 8.71. The lowest BCUT2D eigenvalue weighted by Crippen LogP contribution is -2.51. The van der Waals surface area contributed by atoms with Gasteiger partial charge in [0.2, 0.25) is 5.91 Å². The van der Waals surface area contributed by atoms with Gasteiger partial charge in [0.05, 0.1) is 13.7 Å². The first kappa shape index (κ1) is 23.5. The molecule has 0 aliphatic carbocycles. The van der Waals surface area contributed by atoms with E-state index in [2.05, 4.69) is 10.6 Å². The molecule has 2 aromatic rings. The van der Waals surface area contributed by atoms with E-state index in [4.69, 9.17) is 4.74 Å². The molecule has 0 radical (unpaired) electrons. The molecule has 1 saturated heterocycles. The summed E-state index contributed by atoms with van der Waals surface area (Å²) in [5, 5.41) is 5.57. The van der Waals surface area contributed by atoms with Crippen LogP contribution in [0.3, 0.4) is 0 Å². The third-order valence-electron chi connectivity index (χ3n) is 6.40. The zero-order valence-corrected chi connectivity index (χ0v) is 19.4. The number of carbonyl (C=O) groups is 3. The molecule has 180 valence electrons. The number of halogens is 1. The minimum Gasteiger partial charge on any atom is -0.497 e. The molecule has 2 N–H and O–H groups in total. The Balaban J connectivity index is 1.28. The van der Waals surface area contributed by atoms with Gasteiger partial charge in [-0.1, -0.05) is 0 Å². The van der Waals surface area contributed by atoms with Crippen LogP contribution < -0.4 is 15.4 Å². The summed E-state index contributed by atoms with van der Waals surface area (Å²) in [4.78, 5) is 41.3. The largest absolute Gasteiger partial charge is 0.497 e. The number of urea groups is 1.